The molecule has 142 valence electrons. The van der Waals surface area contributed by atoms with Crippen LogP contribution in [-0.2, 0) is 10.0 Å². The number of hydrogen-bond acceptors (Lipinski definition) is 7. The van der Waals surface area contributed by atoms with Gasteiger partial charge < -0.3 is 15.2 Å². The summed E-state index contributed by atoms with van der Waals surface area (Å²) < 4.78 is 29.9. The maximum absolute atomic E-state index is 11.6. The van der Waals surface area contributed by atoms with Gasteiger partial charge in [-0.05, 0) is 73.8 Å². The summed E-state index contributed by atoms with van der Waals surface area (Å²) in [5.41, 5.74) is 0.521. The molecule has 0 bridgehead atoms. The predicted molar refractivity (Wildman–Crippen MR) is 108 cm³/mol. The lowest BCUT2D eigenvalue weighted by molar-refractivity contribution is 0.0569. The summed E-state index contributed by atoms with van der Waals surface area (Å²) in [7, 11) is -3.89. The summed E-state index contributed by atoms with van der Waals surface area (Å²) in [4.78, 5) is 8.32. The number of benzene rings is 1. The lowest BCUT2D eigenvalue weighted by Crippen LogP contribution is -2.26. The van der Waals surface area contributed by atoms with Crippen molar-refractivity contribution in [2.24, 2.45) is 5.14 Å². The van der Waals surface area contributed by atoms with Crippen molar-refractivity contribution in [1.29, 1.82) is 0 Å². The van der Waals surface area contributed by atoms with Crippen LogP contribution in [0.2, 0.25) is 0 Å². The second kappa shape index (κ2) is 8.48. The van der Waals surface area contributed by atoms with Crippen LogP contribution in [0.25, 0.3) is 0 Å². The molecule has 2 atom stereocenters. The molecule has 0 fully saturated rings. The Morgan fingerprint density at radius 2 is 1.77 bits per heavy atom. The van der Waals surface area contributed by atoms with Crippen molar-refractivity contribution in [3.8, 4) is 5.88 Å². The van der Waals surface area contributed by atoms with Crippen LogP contribution in [0.1, 0.15) is 13.8 Å². The number of nitrogens with zero attached hydrogens (tertiary/aromatic N) is 2. The van der Waals surface area contributed by atoms with Gasteiger partial charge in [-0.2, -0.15) is 4.98 Å². The zero-order chi connectivity index (χ0) is 19.6. The summed E-state index contributed by atoms with van der Waals surface area (Å²) in [6.45, 7) is 3.33. The normalized spacial score (nSPS) is 14.0. The third-order valence-electron chi connectivity index (χ3n) is 3.23. The second-order valence-corrected chi connectivity index (χ2v) is 9.41. The predicted octanol–water partition coefficient (Wildman–Crippen LogP) is 3.30. The molecule has 4 N–H and O–H groups in total. The number of halogens is 3. The SMILES string of the molecule is C[C@@H](O)[C@@H](C)Oc1nc(Nc2cc(Br)c(S(N)(=O)=O)c(Br)c2)ncc1Br. The van der Waals surface area contributed by atoms with Gasteiger partial charge in [0.1, 0.15) is 11.0 Å². The minimum absolute atomic E-state index is 0.0606. The fraction of sp³-hybridized carbons (Fsp3) is 0.286. The number of nitrogens with two attached hydrogens (primary N) is 1. The molecular formula is C14H15Br3N4O4S. The Kier molecular flexibility index (Phi) is 7.02. The van der Waals surface area contributed by atoms with Gasteiger partial charge in [0.2, 0.25) is 21.9 Å². The van der Waals surface area contributed by atoms with Crippen LogP contribution in [0.5, 0.6) is 5.88 Å². The third-order valence-corrected chi connectivity index (χ3v) is 6.56. The summed E-state index contributed by atoms with van der Waals surface area (Å²) in [6, 6.07) is 3.07. The molecule has 0 radical (unpaired) electrons. The van der Waals surface area contributed by atoms with Gasteiger partial charge >= 0.3 is 0 Å². The van der Waals surface area contributed by atoms with E-state index in [4.69, 9.17) is 9.88 Å². The van der Waals surface area contributed by atoms with Crippen LogP contribution in [0.4, 0.5) is 11.6 Å². The van der Waals surface area contributed by atoms with Crippen molar-refractivity contribution in [3.05, 3.63) is 31.7 Å². The molecule has 0 unspecified atom stereocenters. The van der Waals surface area contributed by atoms with Gasteiger partial charge in [-0.15, -0.1) is 0 Å². The number of aromatic nitrogens is 2. The largest absolute Gasteiger partial charge is 0.471 e. The number of aliphatic hydroxyl groups excluding tert-OH is 1. The van der Waals surface area contributed by atoms with Crippen molar-refractivity contribution < 1.29 is 18.3 Å². The summed E-state index contributed by atoms with van der Waals surface area (Å²) in [6.07, 6.45) is 0.361. The van der Waals surface area contributed by atoms with Crippen molar-refractivity contribution in [1.82, 2.24) is 9.97 Å². The first-order valence-electron chi connectivity index (χ1n) is 7.15. The average molecular weight is 575 g/mol. The Morgan fingerprint density at radius 3 is 2.27 bits per heavy atom. The number of hydrogen-bond donors (Lipinski definition) is 3. The number of primary sulfonamides is 1. The maximum Gasteiger partial charge on any atom is 0.240 e. The number of rotatable bonds is 6. The molecule has 0 amide bonds. The highest BCUT2D eigenvalue weighted by Gasteiger charge is 2.19. The van der Waals surface area contributed by atoms with E-state index in [2.05, 4.69) is 63.1 Å². The average Bonchev–Trinajstić information content (AvgIpc) is 2.48. The van der Waals surface area contributed by atoms with E-state index in [1.807, 2.05) is 0 Å². The molecule has 0 aliphatic rings. The number of sulfonamides is 1. The van der Waals surface area contributed by atoms with E-state index in [9.17, 15) is 13.5 Å². The molecule has 0 saturated heterocycles. The molecule has 1 heterocycles. The first kappa shape index (κ1) is 21.5. The Morgan fingerprint density at radius 1 is 1.19 bits per heavy atom. The summed E-state index contributed by atoms with van der Waals surface area (Å²) in [5.74, 6) is 0.485. The molecule has 0 spiro atoms. The standard InChI is InChI=1S/C14H15Br3N4O4S/c1-6(22)7(2)25-13-11(17)5-19-14(21-13)20-8-3-9(15)12(10(16)4-8)26(18,23)24/h3-7,22H,1-2H3,(H2,18,23,24)(H,19,20,21)/t6-,7-/m1/s1. The highest BCUT2D eigenvalue weighted by Crippen LogP contribution is 2.34. The minimum atomic E-state index is -3.89. The van der Waals surface area contributed by atoms with Crippen LogP contribution in [-0.4, -0.2) is 35.7 Å². The zero-order valence-electron chi connectivity index (χ0n) is 13.6. The van der Waals surface area contributed by atoms with E-state index in [1.54, 1.807) is 13.8 Å². The highest BCUT2D eigenvalue weighted by atomic mass is 79.9. The molecule has 2 aromatic rings. The first-order chi connectivity index (χ1) is 12.0. The Balaban J connectivity index is 2.32. The van der Waals surface area contributed by atoms with E-state index < -0.39 is 22.2 Å². The van der Waals surface area contributed by atoms with Crippen LogP contribution >= 0.6 is 47.8 Å². The summed E-state index contributed by atoms with van der Waals surface area (Å²) in [5, 5.41) is 17.7. The monoisotopic (exact) mass is 572 g/mol. The Labute approximate surface area is 176 Å². The van der Waals surface area contributed by atoms with E-state index >= 15 is 0 Å². The topological polar surface area (TPSA) is 127 Å². The fourth-order valence-corrected chi connectivity index (χ4v) is 5.29. The quantitative estimate of drug-likeness (QED) is 0.483. The molecule has 0 aliphatic heterocycles. The maximum atomic E-state index is 11.6. The van der Waals surface area contributed by atoms with Gasteiger partial charge in [-0.25, -0.2) is 18.5 Å². The Hall–Kier alpha value is -0.790. The van der Waals surface area contributed by atoms with Crippen molar-refractivity contribution in [2.45, 2.75) is 31.0 Å². The number of aliphatic hydroxyl groups is 1. The van der Waals surface area contributed by atoms with E-state index in [-0.39, 0.29) is 25.7 Å². The van der Waals surface area contributed by atoms with E-state index in [1.165, 1.54) is 18.3 Å². The molecule has 2 rings (SSSR count). The van der Waals surface area contributed by atoms with Crippen LogP contribution in [0, 0.1) is 0 Å². The third kappa shape index (κ3) is 5.36. The van der Waals surface area contributed by atoms with E-state index in [0.29, 0.717) is 10.2 Å². The van der Waals surface area contributed by atoms with Crippen LogP contribution in [0.15, 0.2) is 36.6 Å². The number of nitrogens with one attached hydrogen (secondary N) is 1. The molecule has 1 aromatic carbocycles. The van der Waals surface area contributed by atoms with Gasteiger partial charge in [0.25, 0.3) is 0 Å². The van der Waals surface area contributed by atoms with Gasteiger partial charge in [0.15, 0.2) is 0 Å². The smallest absolute Gasteiger partial charge is 0.240 e. The van der Waals surface area contributed by atoms with Gasteiger partial charge in [-0.3, -0.25) is 0 Å². The highest BCUT2D eigenvalue weighted by molar-refractivity contribution is 9.11. The van der Waals surface area contributed by atoms with Crippen molar-refractivity contribution >= 4 is 69.4 Å². The van der Waals surface area contributed by atoms with Gasteiger partial charge in [-0.1, -0.05) is 0 Å². The van der Waals surface area contributed by atoms with Crippen molar-refractivity contribution in [3.63, 3.8) is 0 Å². The zero-order valence-corrected chi connectivity index (χ0v) is 19.1. The van der Waals surface area contributed by atoms with Crippen molar-refractivity contribution in [2.75, 3.05) is 5.32 Å². The molecule has 12 heteroatoms. The molecule has 8 nitrogen and oxygen atoms in total. The van der Waals surface area contributed by atoms with Crippen LogP contribution < -0.4 is 15.2 Å². The molecule has 0 aliphatic carbocycles. The lowest BCUT2D eigenvalue weighted by Gasteiger charge is -2.17. The molecule has 26 heavy (non-hydrogen) atoms. The molecule has 1 aromatic heterocycles. The fourth-order valence-electron chi connectivity index (χ4n) is 1.80. The first-order valence-corrected chi connectivity index (χ1v) is 11.1. The van der Waals surface area contributed by atoms with Gasteiger partial charge in [0, 0.05) is 14.6 Å². The summed E-state index contributed by atoms with van der Waals surface area (Å²) >= 11 is 9.68. The van der Waals surface area contributed by atoms with Gasteiger partial charge in [0.05, 0.1) is 16.8 Å². The number of ether oxygens (including phenoxy) is 1. The molecule has 0 saturated carbocycles. The second-order valence-electron chi connectivity index (χ2n) is 5.35. The molecular weight excluding hydrogens is 560 g/mol. The van der Waals surface area contributed by atoms with E-state index in [0.717, 1.165) is 0 Å². The van der Waals surface area contributed by atoms with Crippen LogP contribution in [0.3, 0.4) is 0 Å². The number of anilines is 2. The lowest BCUT2D eigenvalue weighted by atomic mass is 10.3. The minimum Gasteiger partial charge on any atom is -0.471 e. The Bertz CT molecular complexity index is 901.